The molecule has 164 valence electrons. The highest BCUT2D eigenvalue weighted by Gasteiger charge is 2.17. The lowest BCUT2D eigenvalue weighted by atomic mass is 10.1. The molecule has 9 heteroatoms. The SMILES string of the molecule is Cc1cc(C)c(NC(=O)CN(C)CC(=O)NC(=O)Nc2ccc3c(c2)OCO3)c(C)c1. The van der Waals surface area contributed by atoms with Crippen LogP contribution in [0.5, 0.6) is 11.5 Å². The molecule has 1 aliphatic rings. The molecule has 0 bridgehead atoms. The number of hydrogen-bond acceptors (Lipinski definition) is 6. The zero-order valence-electron chi connectivity index (χ0n) is 18.0. The maximum atomic E-state index is 12.4. The first-order chi connectivity index (χ1) is 14.7. The number of likely N-dealkylation sites (N-methyl/N-ethyl adjacent to an activating group) is 1. The first-order valence-electron chi connectivity index (χ1n) is 9.78. The minimum absolute atomic E-state index is 0.00393. The van der Waals surface area contributed by atoms with E-state index in [1.165, 1.54) is 4.90 Å². The number of amides is 4. The quantitative estimate of drug-likeness (QED) is 0.655. The molecule has 0 aromatic heterocycles. The van der Waals surface area contributed by atoms with Gasteiger partial charge in [0.05, 0.1) is 13.1 Å². The molecule has 3 N–H and O–H groups in total. The highest BCUT2D eigenvalue weighted by atomic mass is 16.7. The number of urea groups is 1. The van der Waals surface area contributed by atoms with Gasteiger partial charge in [0.15, 0.2) is 11.5 Å². The molecular formula is C22H26N4O5. The molecule has 9 nitrogen and oxygen atoms in total. The second-order valence-corrected chi connectivity index (χ2v) is 7.56. The molecule has 31 heavy (non-hydrogen) atoms. The van der Waals surface area contributed by atoms with E-state index in [1.54, 1.807) is 25.2 Å². The number of benzene rings is 2. The van der Waals surface area contributed by atoms with Crippen molar-refractivity contribution in [2.45, 2.75) is 20.8 Å². The Morgan fingerprint density at radius 2 is 1.55 bits per heavy atom. The zero-order valence-corrected chi connectivity index (χ0v) is 18.0. The van der Waals surface area contributed by atoms with Gasteiger partial charge in [-0.25, -0.2) is 4.79 Å². The summed E-state index contributed by atoms with van der Waals surface area (Å²) in [5.41, 5.74) is 4.32. The number of imide groups is 1. The van der Waals surface area contributed by atoms with Crippen LogP contribution in [0.3, 0.4) is 0 Å². The molecule has 0 atom stereocenters. The van der Waals surface area contributed by atoms with E-state index in [-0.39, 0.29) is 25.8 Å². The molecule has 0 fully saturated rings. The van der Waals surface area contributed by atoms with E-state index in [9.17, 15) is 14.4 Å². The molecule has 2 aromatic rings. The van der Waals surface area contributed by atoms with Crippen LogP contribution in [0.1, 0.15) is 16.7 Å². The van der Waals surface area contributed by atoms with Crippen LogP contribution >= 0.6 is 0 Å². The molecule has 3 rings (SSSR count). The number of nitrogens with one attached hydrogen (secondary N) is 3. The van der Waals surface area contributed by atoms with Crippen LogP contribution in [-0.2, 0) is 9.59 Å². The summed E-state index contributed by atoms with van der Waals surface area (Å²) in [5.74, 6) is 0.346. The number of fused-ring (bicyclic) bond motifs is 1. The Morgan fingerprint density at radius 1 is 0.903 bits per heavy atom. The van der Waals surface area contributed by atoms with Gasteiger partial charge in [0.2, 0.25) is 18.6 Å². The number of carbonyl (C=O) groups is 3. The topological polar surface area (TPSA) is 109 Å². The maximum absolute atomic E-state index is 12.4. The van der Waals surface area contributed by atoms with E-state index in [1.807, 2.05) is 32.9 Å². The van der Waals surface area contributed by atoms with Crippen LogP contribution in [0.4, 0.5) is 16.2 Å². The van der Waals surface area contributed by atoms with Gasteiger partial charge < -0.3 is 20.1 Å². The minimum atomic E-state index is -0.673. The van der Waals surface area contributed by atoms with Gasteiger partial charge in [-0.3, -0.25) is 19.8 Å². The lowest BCUT2D eigenvalue weighted by molar-refractivity contribution is -0.122. The van der Waals surface area contributed by atoms with Crippen molar-refractivity contribution in [3.05, 3.63) is 47.0 Å². The predicted molar refractivity (Wildman–Crippen MR) is 117 cm³/mol. The Bertz CT molecular complexity index is 998. The summed E-state index contributed by atoms with van der Waals surface area (Å²) in [4.78, 5) is 38.1. The van der Waals surface area contributed by atoms with Crippen molar-refractivity contribution in [3.63, 3.8) is 0 Å². The third kappa shape index (κ3) is 5.95. The fraction of sp³-hybridized carbons (Fsp3) is 0.318. The molecule has 0 unspecified atom stereocenters. The summed E-state index contributed by atoms with van der Waals surface area (Å²) in [5, 5.41) is 7.69. The predicted octanol–water partition coefficient (Wildman–Crippen LogP) is 2.56. The normalized spacial score (nSPS) is 11.9. The fourth-order valence-corrected chi connectivity index (χ4v) is 3.41. The molecule has 4 amide bonds. The molecule has 1 heterocycles. The van der Waals surface area contributed by atoms with Gasteiger partial charge in [-0.1, -0.05) is 17.7 Å². The highest BCUT2D eigenvalue weighted by molar-refractivity contribution is 6.02. The lowest BCUT2D eigenvalue weighted by Crippen LogP contribution is -2.42. The Balaban J connectivity index is 1.45. The monoisotopic (exact) mass is 426 g/mol. The lowest BCUT2D eigenvalue weighted by Gasteiger charge is -2.17. The molecule has 0 aliphatic carbocycles. The van der Waals surface area contributed by atoms with Crippen molar-refractivity contribution in [2.24, 2.45) is 0 Å². The van der Waals surface area contributed by atoms with Crippen molar-refractivity contribution in [3.8, 4) is 11.5 Å². The summed E-state index contributed by atoms with van der Waals surface area (Å²) in [6.45, 7) is 5.89. The third-order valence-corrected chi connectivity index (χ3v) is 4.65. The van der Waals surface area contributed by atoms with Gasteiger partial charge in [0.25, 0.3) is 0 Å². The van der Waals surface area contributed by atoms with Gasteiger partial charge in [-0.2, -0.15) is 0 Å². The molecule has 0 saturated carbocycles. The standard InChI is InChI=1S/C22H26N4O5/c1-13-7-14(2)21(15(3)8-13)24-19(27)10-26(4)11-20(28)25-22(29)23-16-5-6-17-18(9-16)31-12-30-17/h5-9H,10-12H2,1-4H3,(H,24,27)(H2,23,25,28,29). The van der Waals surface area contributed by atoms with Gasteiger partial charge in [0.1, 0.15) is 0 Å². The van der Waals surface area contributed by atoms with E-state index in [0.717, 1.165) is 22.4 Å². The van der Waals surface area contributed by atoms with Gasteiger partial charge in [0, 0.05) is 17.4 Å². The second kappa shape index (κ2) is 9.48. The summed E-state index contributed by atoms with van der Waals surface area (Å²) in [6.07, 6.45) is 0. The zero-order chi connectivity index (χ0) is 22.5. The fourth-order valence-electron chi connectivity index (χ4n) is 3.41. The number of carbonyl (C=O) groups excluding carboxylic acids is 3. The largest absolute Gasteiger partial charge is 0.454 e. The third-order valence-electron chi connectivity index (χ3n) is 4.65. The van der Waals surface area contributed by atoms with Crippen molar-refractivity contribution in [1.29, 1.82) is 0 Å². The molecule has 0 saturated heterocycles. The Morgan fingerprint density at radius 3 is 2.26 bits per heavy atom. The van der Waals surface area contributed by atoms with Gasteiger partial charge in [-0.15, -0.1) is 0 Å². The van der Waals surface area contributed by atoms with Crippen molar-refractivity contribution >= 4 is 29.2 Å². The van der Waals surface area contributed by atoms with Crippen LogP contribution in [-0.4, -0.2) is 49.7 Å². The van der Waals surface area contributed by atoms with E-state index in [0.29, 0.717) is 17.2 Å². The summed E-state index contributed by atoms with van der Waals surface area (Å²) >= 11 is 0. The molecule has 0 radical (unpaired) electrons. The van der Waals surface area contributed by atoms with Crippen LogP contribution in [0.15, 0.2) is 30.3 Å². The van der Waals surface area contributed by atoms with Crippen molar-refractivity contribution in [1.82, 2.24) is 10.2 Å². The first kappa shape index (κ1) is 22.1. The Labute approximate surface area is 180 Å². The van der Waals surface area contributed by atoms with Crippen LogP contribution in [0, 0.1) is 20.8 Å². The van der Waals surface area contributed by atoms with E-state index >= 15 is 0 Å². The second-order valence-electron chi connectivity index (χ2n) is 7.56. The number of nitrogens with zero attached hydrogens (tertiary/aromatic N) is 1. The average molecular weight is 426 g/mol. The summed E-state index contributed by atoms with van der Waals surface area (Å²) in [7, 11) is 1.63. The van der Waals surface area contributed by atoms with Crippen molar-refractivity contribution < 1.29 is 23.9 Å². The van der Waals surface area contributed by atoms with Crippen molar-refractivity contribution in [2.75, 3.05) is 37.6 Å². The van der Waals surface area contributed by atoms with Crippen LogP contribution in [0.2, 0.25) is 0 Å². The van der Waals surface area contributed by atoms with E-state index in [2.05, 4.69) is 16.0 Å². The Hall–Kier alpha value is -3.59. The van der Waals surface area contributed by atoms with E-state index in [4.69, 9.17) is 9.47 Å². The van der Waals surface area contributed by atoms with Gasteiger partial charge >= 0.3 is 6.03 Å². The molecule has 0 spiro atoms. The molecule has 2 aromatic carbocycles. The molecular weight excluding hydrogens is 400 g/mol. The van der Waals surface area contributed by atoms with Crippen LogP contribution < -0.4 is 25.4 Å². The summed E-state index contributed by atoms with van der Waals surface area (Å²) < 4.78 is 10.5. The van der Waals surface area contributed by atoms with E-state index < -0.39 is 11.9 Å². The van der Waals surface area contributed by atoms with Crippen LogP contribution in [0.25, 0.3) is 0 Å². The summed E-state index contributed by atoms with van der Waals surface area (Å²) in [6, 6.07) is 8.24. The minimum Gasteiger partial charge on any atom is -0.454 e. The first-order valence-corrected chi connectivity index (χ1v) is 9.78. The Kier molecular flexibility index (Phi) is 6.76. The number of anilines is 2. The maximum Gasteiger partial charge on any atom is 0.325 e. The number of ether oxygens (including phenoxy) is 2. The smallest absolute Gasteiger partial charge is 0.325 e. The number of aryl methyl sites for hydroxylation is 3. The van der Waals surface area contributed by atoms with Gasteiger partial charge in [-0.05, 0) is 51.1 Å². The highest BCUT2D eigenvalue weighted by Crippen LogP contribution is 2.34. The number of rotatable bonds is 6. The molecule has 1 aliphatic heterocycles. The average Bonchev–Trinajstić information content (AvgIpc) is 3.11. The number of hydrogen-bond donors (Lipinski definition) is 3.